The summed E-state index contributed by atoms with van der Waals surface area (Å²) >= 11 is 0. The van der Waals surface area contributed by atoms with Gasteiger partial charge in [-0.2, -0.15) is 0 Å². The molecule has 23 heavy (non-hydrogen) atoms. The summed E-state index contributed by atoms with van der Waals surface area (Å²) in [6.07, 6.45) is 4.42. The number of nitrogens with one attached hydrogen (secondary N) is 1. The first-order valence-corrected chi connectivity index (χ1v) is 10.5. The van der Waals surface area contributed by atoms with Gasteiger partial charge in [-0.25, -0.2) is 0 Å². The van der Waals surface area contributed by atoms with Crippen molar-refractivity contribution in [2.75, 3.05) is 32.9 Å². The van der Waals surface area contributed by atoms with Gasteiger partial charge in [-0.3, -0.25) is 0 Å². The van der Waals surface area contributed by atoms with Gasteiger partial charge in [0.05, 0.1) is 6.10 Å². The monoisotopic (exact) mass is 344 g/mol. The van der Waals surface area contributed by atoms with E-state index in [1.807, 2.05) is 49.9 Å². The Kier molecular flexibility index (Phi) is 10.4. The molecule has 0 aliphatic heterocycles. The van der Waals surface area contributed by atoms with Crippen molar-refractivity contribution < 1.29 is 18.4 Å². The quantitative estimate of drug-likeness (QED) is 0.398. The summed E-state index contributed by atoms with van der Waals surface area (Å²) in [5.74, 6) is 0. The summed E-state index contributed by atoms with van der Waals surface area (Å²) in [5.41, 5.74) is 0. The Morgan fingerprint density at radius 1 is 1.04 bits per heavy atom. The molecule has 7 heteroatoms. The fourth-order valence-corrected chi connectivity index (χ4v) is 5.11. The van der Waals surface area contributed by atoms with E-state index in [2.05, 4.69) is 5.32 Å². The minimum atomic E-state index is -2.53. The highest BCUT2D eigenvalue weighted by Crippen LogP contribution is 2.17. The van der Waals surface area contributed by atoms with Gasteiger partial charge in [-0.1, -0.05) is 0 Å². The van der Waals surface area contributed by atoms with Crippen LogP contribution in [-0.4, -0.2) is 57.5 Å². The molecule has 1 aromatic heterocycles. The maximum atomic E-state index is 9.98. The highest BCUT2D eigenvalue weighted by Gasteiger charge is 2.39. The molecule has 1 aromatic rings. The fraction of sp³-hybridized carbons (Fsp3) is 0.750. The van der Waals surface area contributed by atoms with Crippen LogP contribution in [-0.2, 0) is 19.8 Å². The molecule has 0 aromatic carbocycles. The molecule has 1 atom stereocenters. The van der Waals surface area contributed by atoms with Gasteiger partial charge in [0.25, 0.3) is 0 Å². The Hall–Kier alpha value is -0.703. The molecule has 6 nitrogen and oxygen atoms in total. The summed E-state index contributed by atoms with van der Waals surface area (Å²) in [6.45, 7) is 9.71. The molecule has 0 amide bonds. The molecular formula is C16H32N2O4Si. The molecule has 0 saturated carbocycles. The van der Waals surface area contributed by atoms with Gasteiger partial charge in [0.1, 0.15) is 0 Å². The van der Waals surface area contributed by atoms with Crippen LogP contribution in [0, 0.1) is 0 Å². The van der Waals surface area contributed by atoms with Gasteiger partial charge >= 0.3 is 8.80 Å². The number of aliphatic hydroxyl groups is 1. The van der Waals surface area contributed by atoms with Crippen LogP contribution in [0.4, 0.5) is 0 Å². The van der Waals surface area contributed by atoms with Crippen LogP contribution in [0.2, 0.25) is 6.04 Å². The van der Waals surface area contributed by atoms with Gasteiger partial charge < -0.3 is 28.3 Å². The lowest BCUT2D eigenvalue weighted by Crippen LogP contribution is -2.46. The Morgan fingerprint density at radius 3 is 2.13 bits per heavy atom. The largest absolute Gasteiger partial charge is 0.500 e. The average Bonchev–Trinajstić information content (AvgIpc) is 3.00. The van der Waals surface area contributed by atoms with E-state index < -0.39 is 14.9 Å². The molecule has 2 N–H and O–H groups in total. The van der Waals surface area contributed by atoms with Gasteiger partial charge in [0, 0.05) is 51.3 Å². The molecular weight excluding hydrogens is 312 g/mol. The summed E-state index contributed by atoms with van der Waals surface area (Å²) in [6, 6.07) is 4.71. The zero-order chi connectivity index (χ0) is 17.0. The predicted molar refractivity (Wildman–Crippen MR) is 93.4 cm³/mol. The van der Waals surface area contributed by atoms with Gasteiger partial charge in [0.2, 0.25) is 0 Å². The van der Waals surface area contributed by atoms with Gasteiger partial charge in [0.15, 0.2) is 0 Å². The number of aliphatic hydroxyl groups excluding tert-OH is 1. The van der Waals surface area contributed by atoms with Crippen LogP contribution < -0.4 is 5.32 Å². The van der Waals surface area contributed by atoms with Crippen LogP contribution in [0.25, 0.3) is 0 Å². The molecule has 1 heterocycles. The summed E-state index contributed by atoms with van der Waals surface area (Å²) in [7, 11) is -2.53. The lowest BCUT2D eigenvalue weighted by molar-refractivity contribution is 0.0707. The van der Waals surface area contributed by atoms with E-state index in [-0.39, 0.29) is 0 Å². The maximum Gasteiger partial charge on any atom is 0.500 e. The third-order valence-corrected chi connectivity index (χ3v) is 6.55. The third kappa shape index (κ3) is 8.10. The van der Waals surface area contributed by atoms with Crippen molar-refractivity contribution in [1.82, 2.24) is 9.88 Å². The second-order valence-electron chi connectivity index (χ2n) is 5.32. The van der Waals surface area contributed by atoms with Gasteiger partial charge in [-0.05, 0) is 45.9 Å². The Morgan fingerprint density at radius 2 is 1.61 bits per heavy atom. The van der Waals surface area contributed by atoms with E-state index in [0.717, 1.165) is 19.0 Å². The molecule has 0 radical (unpaired) electrons. The highest BCUT2D eigenvalue weighted by molar-refractivity contribution is 6.60. The second kappa shape index (κ2) is 11.8. The van der Waals surface area contributed by atoms with E-state index in [0.29, 0.717) is 32.9 Å². The normalized spacial score (nSPS) is 13.4. The van der Waals surface area contributed by atoms with Crippen molar-refractivity contribution in [3.8, 4) is 0 Å². The summed E-state index contributed by atoms with van der Waals surface area (Å²) in [5, 5.41) is 13.3. The molecule has 0 spiro atoms. The number of aromatic nitrogens is 1. The highest BCUT2D eigenvalue weighted by atomic mass is 28.4. The lowest BCUT2D eigenvalue weighted by atomic mass is 10.3. The first kappa shape index (κ1) is 20.3. The fourth-order valence-electron chi connectivity index (χ4n) is 2.50. The zero-order valence-corrected chi connectivity index (χ0v) is 15.7. The van der Waals surface area contributed by atoms with Gasteiger partial charge in [-0.15, -0.1) is 0 Å². The number of hydrogen-bond donors (Lipinski definition) is 2. The van der Waals surface area contributed by atoms with Crippen LogP contribution in [0.15, 0.2) is 24.5 Å². The first-order chi connectivity index (χ1) is 11.2. The summed E-state index contributed by atoms with van der Waals surface area (Å²) in [4.78, 5) is 0. The molecule has 0 aliphatic rings. The van der Waals surface area contributed by atoms with E-state index in [4.69, 9.17) is 13.3 Å². The molecule has 0 saturated heterocycles. The number of hydrogen-bond acceptors (Lipinski definition) is 5. The lowest BCUT2D eigenvalue weighted by Gasteiger charge is -2.28. The SMILES string of the molecule is CCO[Si](CCCNCC(O)Cn1cccc1)(OCC)OCC. The van der Waals surface area contributed by atoms with Crippen molar-refractivity contribution in [2.24, 2.45) is 0 Å². The van der Waals surface area contributed by atoms with E-state index in [1.165, 1.54) is 0 Å². The molecule has 1 rings (SSSR count). The van der Waals surface area contributed by atoms with Crippen LogP contribution >= 0.6 is 0 Å². The third-order valence-electron chi connectivity index (χ3n) is 3.40. The van der Waals surface area contributed by atoms with Crippen molar-refractivity contribution in [3.63, 3.8) is 0 Å². The van der Waals surface area contributed by atoms with Crippen LogP contribution in [0.3, 0.4) is 0 Å². The molecule has 0 fully saturated rings. The van der Waals surface area contributed by atoms with Crippen molar-refractivity contribution >= 4 is 8.80 Å². The van der Waals surface area contributed by atoms with E-state index in [9.17, 15) is 5.11 Å². The molecule has 1 unspecified atom stereocenters. The van der Waals surface area contributed by atoms with Crippen molar-refractivity contribution in [1.29, 1.82) is 0 Å². The topological polar surface area (TPSA) is 64.9 Å². The molecule has 0 bridgehead atoms. The van der Waals surface area contributed by atoms with Crippen LogP contribution in [0.5, 0.6) is 0 Å². The number of rotatable bonds is 14. The van der Waals surface area contributed by atoms with Crippen LogP contribution in [0.1, 0.15) is 27.2 Å². The minimum absolute atomic E-state index is 0.393. The molecule has 134 valence electrons. The Bertz CT molecular complexity index is 372. The maximum absolute atomic E-state index is 9.98. The average molecular weight is 345 g/mol. The minimum Gasteiger partial charge on any atom is -0.390 e. The zero-order valence-electron chi connectivity index (χ0n) is 14.7. The first-order valence-electron chi connectivity index (χ1n) is 8.57. The standard InChI is InChI=1S/C16H32N2O4Si/c1-4-20-23(21-5-2,22-6-3)13-9-10-17-14-16(19)15-18-11-7-8-12-18/h7-8,11-12,16-17,19H,4-6,9-10,13-15H2,1-3H3. The van der Waals surface area contributed by atoms with E-state index in [1.54, 1.807) is 0 Å². The van der Waals surface area contributed by atoms with Crippen molar-refractivity contribution in [2.45, 2.75) is 45.9 Å². The smallest absolute Gasteiger partial charge is 0.390 e. The summed E-state index contributed by atoms with van der Waals surface area (Å²) < 4.78 is 19.4. The van der Waals surface area contributed by atoms with E-state index >= 15 is 0 Å². The van der Waals surface area contributed by atoms with Crippen molar-refractivity contribution in [3.05, 3.63) is 24.5 Å². The Balaban J connectivity index is 2.24. The molecule has 0 aliphatic carbocycles. The second-order valence-corrected chi connectivity index (χ2v) is 8.06. The number of nitrogens with zero attached hydrogens (tertiary/aromatic N) is 1. The predicted octanol–water partition coefficient (Wildman–Crippen LogP) is 1.88. The Labute approximate surface area is 141 Å².